The van der Waals surface area contributed by atoms with Gasteiger partial charge in [-0.3, -0.25) is 14.5 Å². The summed E-state index contributed by atoms with van der Waals surface area (Å²) < 4.78 is 0. The van der Waals surface area contributed by atoms with Crippen LogP contribution < -0.4 is 16.0 Å². The number of piperidine rings is 2. The van der Waals surface area contributed by atoms with Crippen LogP contribution in [0.1, 0.15) is 38.5 Å². The zero-order chi connectivity index (χ0) is 17.7. The zero-order valence-corrected chi connectivity index (χ0v) is 15.0. The normalized spacial score (nSPS) is 30.4. The average Bonchev–Trinajstić information content (AvgIpc) is 3.10. The summed E-state index contributed by atoms with van der Waals surface area (Å²) >= 11 is 0. The van der Waals surface area contributed by atoms with Gasteiger partial charge in [0.15, 0.2) is 0 Å². The number of aliphatic carboxylic acids is 1. The summed E-state index contributed by atoms with van der Waals surface area (Å²) in [7, 11) is 0. The fraction of sp³-hybridized carbons (Fsp3) is 0.889. The van der Waals surface area contributed by atoms with Gasteiger partial charge in [-0.15, -0.1) is 0 Å². The van der Waals surface area contributed by atoms with E-state index in [1.165, 1.54) is 0 Å². The van der Waals surface area contributed by atoms with Gasteiger partial charge in [0, 0.05) is 32.3 Å². The van der Waals surface area contributed by atoms with Crippen LogP contribution in [0.15, 0.2) is 0 Å². The Labute approximate surface area is 149 Å². The molecule has 3 aliphatic heterocycles. The summed E-state index contributed by atoms with van der Waals surface area (Å²) in [4.78, 5) is 25.7. The molecule has 3 heterocycles. The van der Waals surface area contributed by atoms with Gasteiger partial charge >= 0.3 is 5.97 Å². The minimum Gasteiger partial charge on any atom is -0.481 e. The Bertz CT molecular complexity index is 469. The number of hydrogen-bond acceptors (Lipinski definition) is 5. The minimum absolute atomic E-state index is 0.0929. The molecule has 142 valence electrons. The maximum absolute atomic E-state index is 12.4. The number of rotatable bonds is 8. The predicted molar refractivity (Wildman–Crippen MR) is 95.1 cm³/mol. The highest BCUT2D eigenvalue weighted by Gasteiger charge is 2.48. The van der Waals surface area contributed by atoms with Crippen LogP contribution in [0.4, 0.5) is 0 Å². The monoisotopic (exact) mass is 352 g/mol. The number of nitrogens with one attached hydrogen (secondary N) is 3. The fourth-order valence-electron chi connectivity index (χ4n) is 5.00. The van der Waals surface area contributed by atoms with Crippen molar-refractivity contribution in [3.8, 4) is 0 Å². The summed E-state index contributed by atoms with van der Waals surface area (Å²) in [5.41, 5.74) is -0.848. The first kappa shape index (κ1) is 18.6. The first-order valence-corrected chi connectivity index (χ1v) is 9.71. The SMILES string of the molecule is O=CNCC(CCC1CCNCC1)(C(=O)O)C1CCC2CNCN2C1. The molecular weight excluding hydrogens is 320 g/mol. The van der Waals surface area contributed by atoms with E-state index < -0.39 is 11.4 Å². The van der Waals surface area contributed by atoms with Gasteiger partial charge in [0.05, 0.1) is 5.41 Å². The maximum Gasteiger partial charge on any atom is 0.311 e. The van der Waals surface area contributed by atoms with Gasteiger partial charge in [-0.25, -0.2) is 0 Å². The van der Waals surface area contributed by atoms with Crippen molar-refractivity contribution in [1.82, 2.24) is 20.9 Å². The first-order valence-electron chi connectivity index (χ1n) is 9.71. The van der Waals surface area contributed by atoms with E-state index in [0.717, 1.165) is 65.0 Å². The lowest BCUT2D eigenvalue weighted by molar-refractivity contribution is -0.155. The molecule has 3 rings (SSSR count). The highest BCUT2D eigenvalue weighted by atomic mass is 16.4. The van der Waals surface area contributed by atoms with Crippen molar-refractivity contribution >= 4 is 12.4 Å². The quantitative estimate of drug-likeness (QED) is 0.467. The number of carboxylic acid groups (broad SMARTS) is 1. The zero-order valence-electron chi connectivity index (χ0n) is 15.0. The Morgan fingerprint density at radius 1 is 1.24 bits per heavy atom. The van der Waals surface area contributed by atoms with Gasteiger partial charge in [0.2, 0.25) is 6.41 Å². The van der Waals surface area contributed by atoms with Crippen LogP contribution in [0.2, 0.25) is 0 Å². The molecular formula is C18H32N4O3. The van der Waals surface area contributed by atoms with Crippen LogP contribution in [-0.2, 0) is 9.59 Å². The van der Waals surface area contributed by atoms with Crippen LogP contribution in [0.3, 0.4) is 0 Å². The number of hydrogen-bond donors (Lipinski definition) is 4. The lowest BCUT2D eigenvalue weighted by Gasteiger charge is -2.44. The van der Waals surface area contributed by atoms with Crippen molar-refractivity contribution in [2.45, 2.75) is 44.6 Å². The molecule has 3 saturated heterocycles. The van der Waals surface area contributed by atoms with Crippen molar-refractivity contribution in [2.24, 2.45) is 17.3 Å². The molecule has 0 aromatic heterocycles. The topological polar surface area (TPSA) is 93.7 Å². The molecule has 7 heteroatoms. The Kier molecular flexibility index (Phi) is 6.30. The smallest absolute Gasteiger partial charge is 0.311 e. The van der Waals surface area contributed by atoms with Crippen LogP contribution in [-0.4, -0.2) is 67.8 Å². The summed E-state index contributed by atoms with van der Waals surface area (Å²) in [6, 6.07) is 0.547. The first-order chi connectivity index (χ1) is 12.2. The number of fused-ring (bicyclic) bond motifs is 1. The Morgan fingerprint density at radius 2 is 2.04 bits per heavy atom. The van der Waals surface area contributed by atoms with Crippen molar-refractivity contribution in [2.75, 3.05) is 39.4 Å². The Balaban J connectivity index is 1.72. The van der Waals surface area contributed by atoms with Gasteiger partial charge in [0.25, 0.3) is 0 Å². The summed E-state index contributed by atoms with van der Waals surface area (Å²) in [6.07, 6.45) is 6.46. The second-order valence-corrected chi connectivity index (χ2v) is 8.00. The number of carbonyl (C=O) groups excluding carboxylic acids is 1. The maximum atomic E-state index is 12.4. The van der Waals surface area contributed by atoms with Crippen molar-refractivity contribution in [3.63, 3.8) is 0 Å². The van der Waals surface area contributed by atoms with Gasteiger partial charge in [0.1, 0.15) is 0 Å². The standard InChI is InChI=1S/C18H32N4O3/c23-13-21-11-18(17(24)25,6-3-14-4-7-19-8-5-14)15-1-2-16-9-20-12-22(16)10-15/h13-16,19-20H,1-12H2,(H,21,23)(H,24,25). The largest absolute Gasteiger partial charge is 0.481 e. The van der Waals surface area contributed by atoms with E-state index in [-0.39, 0.29) is 12.5 Å². The molecule has 3 atom stereocenters. The molecule has 0 spiro atoms. The summed E-state index contributed by atoms with van der Waals surface area (Å²) in [5.74, 6) is -0.0531. The molecule has 0 saturated carbocycles. The minimum atomic E-state index is -0.848. The van der Waals surface area contributed by atoms with E-state index in [0.29, 0.717) is 24.8 Å². The van der Waals surface area contributed by atoms with Gasteiger partial charge in [-0.2, -0.15) is 0 Å². The van der Waals surface area contributed by atoms with E-state index in [1.807, 2.05) is 0 Å². The van der Waals surface area contributed by atoms with Crippen LogP contribution in [0.25, 0.3) is 0 Å². The highest BCUT2D eigenvalue weighted by Crippen LogP contribution is 2.41. The van der Waals surface area contributed by atoms with E-state index in [9.17, 15) is 14.7 Å². The molecule has 25 heavy (non-hydrogen) atoms. The van der Waals surface area contributed by atoms with Crippen molar-refractivity contribution in [1.29, 1.82) is 0 Å². The molecule has 4 N–H and O–H groups in total. The van der Waals surface area contributed by atoms with Crippen LogP contribution in [0, 0.1) is 17.3 Å². The molecule has 7 nitrogen and oxygen atoms in total. The number of nitrogens with zero attached hydrogens (tertiary/aromatic N) is 1. The van der Waals surface area contributed by atoms with Gasteiger partial charge in [-0.05, 0) is 63.5 Å². The van der Waals surface area contributed by atoms with Crippen LogP contribution in [0.5, 0.6) is 0 Å². The third-order valence-corrected chi connectivity index (χ3v) is 6.68. The summed E-state index contributed by atoms with van der Waals surface area (Å²) in [6.45, 7) is 4.98. The van der Waals surface area contributed by atoms with Crippen LogP contribution >= 0.6 is 0 Å². The molecule has 0 bridgehead atoms. The number of carboxylic acids is 1. The molecule has 3 unspecified atom stereocenters. The molecule has 3 fully saturated rings. The average molecular weight is 352 g/mol. The highest BCUT2D eigenvalue weighted by molar-refractivity contribution is 5.76. The number of carbonyl (C=O) groups is 2. The van der Waals surface area contributed by atoms with Gasteiger partial charge in [-0.1, -0.05) is 0 Å². The lowest BCUT2D eigenvalue weighted by Crippen LogP contribution is -2.53. The second-order valence-electron chi connectivity index (χ2n) is 8.00. The van der Waals surface area contributed by atoms with E-state index >= 15 is 0 Å². The molecule has 0 aromatic rings. The van der Waals surface area contributed by atoms with E-state index in [2.05, 4.69) is 20.9 Å². The lowest BCUT2D eigenvalue weighted by atomic mass is 9.67. The second kappa shape index (κ2) is 8.47. The fourth-order valence-corrected chi connectivity index (χ4v) is 5.00. The number of amides is 1. The van der Waals surface area contributed by atoms with E-state index in [1.54, 1.807) is 0 Å². The van der Waals surface area contributed by atoms with Gasteiger partial charge < -0.3 is 21.1 Å². The molecule has 3 aliphatic rings. The predicted octanol–water partition coefficient (Wildman–Crippen LogP) is 0.225. The third-order valence-electron chi connectivity index (χ3n) is 6.68. The Hall–Kier alpha value is -1.18. The van der Waals surface area contributed by atoms with Crippen molar-refractivity contribution < 1.29 is 14.7 Å². The molecule has 0 radical (unpaired) electrons. The Morgan fingerprint density at radius 3 is 2.76 bits per heavy atom. The molecule has 1 amide bonds. The third kappa shape index (κ3) is 4.15. The van der Waals surface area contributed by atoms with Crippen molar-refractivity contribution in [3.05, 3.63) is 0 Å². The molecule has 0 aliphatic carbocycles. The summed E-state index contributed by atoms with van der Waals surface area (Å²) in [5, 5.41) is 19.6. The molecule has 0 aromatic carbocycles. The van der Waals surface area contributed by atoms with E-state index in [4.69, 9.17) is 0 Å².